The van der Waals surface area contributed by atoms with Gasteiger partial charge < -0.3 is 14.8 Å². The third-order valence-electron chi connectivity index (χ3n) is 6.75. The Morgan fingerprint density at radius 3 is 2.55 bits per heavy atom. The molecule has 31 heavy (non-hydrogen) atoms. The van der Waals surface area contributed by atoms with Crippen molar-refractivity contribution in [2.45, 2.75) is 71.0 Å². The summed E-state index contributed by atoms with van der Waals surface area (Å²) in [7, 11) is 0. The molecule has 1 aromatic heterocycles. The molecule has 0 spiro atoms. The van der Waals surface area contributed by atoms with Gasteiger partial charge in [0.25, 0.3) is 11.5 Å². The Hall–Kier alpha value is -2.89. The highest BCUT2D eigenvalue weighted by Crippen LogP contribution is 2.33. The number of carbonyl (C=O) groups excluding carboxylic acids is 2. The molecule has 1 saturated carbocycles. The van der Waals surface area contributed by atoms with E-state index in [4.69, 9.17) is 0 Å². The van der Waals surface area contributed by atoms with Gasteiger partial charge in [-0.15, -0.1) is 0 Å². The molecule has 0 bridgehead atoms. The predicted octanol–water partition coefficient (Wildman–Crippen LogP) is 3.50. The topological polar surface area (TPSA) is 71.4 Å². The van der Waals surface area contributed by atoms with Crippen molar-refractivity contribution in [2.75, 3.05) is 6.54 Å². The van der Waals surface area contributed by atoms with Gasteiger partial charge in [-0.1, -0.05) is 31.0 Å². The molecule has 164 valence electrons. The van der Waals surface area contributed by atoms with Crippen molar-refractivity contribution in [3.8, 4) is 0 Å². The van der Waals surface area contributed by atoms with E-state index in [-0.39, 0.29) is 36.0 Å². The van der Waals surface area contributed by atoms with Crippen molar-refractivity contribution in [3.05, 3.63) is 69.1 Å². The molecular formula is C25H31N3O3. The number of nitrogens with one attached hydrogen (secondary N) is 1. The van der Waals surface area contributed by atoms with Crippen LogP contribution in [0.2, 0.25) is 0 Å². The minimum atomic E-state index is -0.409. The lowest BCUT2D eigenvalue weighted by molar-refractivity contribution is -0.132. The lowest BCUT2D eigenvalue weighted by Crippen LogP contribution is -2.40. The fourth-order valence-corrected chi connectivity index (χ4v) is 4.79. The van der Waals surface area contributed by atoms with Crippen molar-refractivity contribution in [1.82, 2.24) is 14.8 Å². The second-order valence-corrected chi connectivity index (χ2v) is 8.90. The first-order chi connectivity index (χ1) is 14.9. The number of benzene rings is 1. The average Bonchev–Trinajstić information content (AvgIpc) is 3.43. The number of pyridine rings is 1. The van der Waals surface area contributed by atoms with E-state index in [0.29, 0.717) is 6.54 Å². The Labute approximate surface area is 183 Å². The number of hydrogen-bond donors (Lipinski definition) is 1. The maximum atomic E-state index is 13.1. The zero-order valence-electron chi connectivity index (χ0n) is 18.4. The van der Waals surface area contributed by atoms with E-state index in [1.54, 1.807) is 18.3 Å². The zero-order valence-corrected chi connectivity index (χ0v) is 18.4. The number of aromatic nitrogens is 1. The van der Waals surface area contributed by atoms with Crippen molar-refractivity contribution in [1.29, 1.82) is 0 Å². The van der Waals surface area contributed by atoms with Crippen molar-refractivity contribution in [2.24, 2.45) is 0 Å². The molecule has 1 N–H and O–H groups in total. The molecule has 6 heteroatoms. The van der Waals surface area contributed by atoms with Crippen LogP contribution < -0.4 is 10.9 Å². The molecule has 6 nitrogen and oxygen atoms in total. The summed E-state index contributed by atoms with van der Waals surface area (Å²) in [6, 6.07) is 9.75. The van der Waals surface area contributed by atoms with Gasteiger partial charge in [-0.05, 0) is 68.4 Å². The highest BCUT2D eigenvalue weighted by Gasteiger charge is 2.30. The van der Waals surface area contributed by atoms with Crippen molar-refractivity contribution in [3.63, 3.8) is 0 Å². The minimum absolute atomic E-state index is 0.0383. The predicted molar refractivity (Wildman–Crippen MR) is 120 cm³/mol. The van der Waals surface area contributed by atoms with Gasteiger partial charge >= 0.3 is 0 Å². The molecule has 1 unspecified atom stereocenters. The number of hydrogen-bond acceptors (Lipinski definition) is 3. The molecule has 4 rings (SSSR count). The Morgan fingerprint density at radius 1 is 1.03 bits per heavy atom. The molecule has 1 aromatic carbocycles. The summed E-state index contributed by atoms with van der Waals surface area (Å²) in [5, 5.41) is 2.96. The van der Waals surface area contributed by atoms with Gasteiger partial charge in [-0.2, -0.15) is 0 Å². The van der Waals surface area contributed by atoms with Crippen LogP contribution in [-0.2, 0) is 11.3 Å². The van der Waals surface area contributed by atoms with E-state index in [1.165, 1.54) is 15.7 Å². The van der Waals surface area contributed by atoms with E-state index < -0.39 is 5.56 Å². The standard InChI is InChI=1S/C25H31N3O3/c1-17-11-12-19(15-18(17)2)22-10-6-14-28(22)23(29)16-27-13-5-9-21(25(27)31)24(30)26-20-7-3-4-8-20/h5,9,11-13,15,20,22H,3-4,6-8,10,14,16H2,1-2H3,(H,26,30). The fourth-order valence-electron chi connectivity index (χ4n) is 4.79. The van der Waals surface area contributed by atoms with Crippen LogP contribution in [-0.4, -0.2) is 33.9 Å². The van der Waals surface area contributed by atoms with E-state index in [1.807, 2.05) is 4.90 Å². The van der Waals surface area contributed by atoms with Crippen LogP contribution in [0.25, 0.3) is 0 Å². The molecule has 1 saturated heterocycles. The molecule has 1 aliphatic carbocycles. The van der Waals surface area contributed by atoms with Crippen LogP contribution in [0.5, 0.6) is 0 Å². The van der Waals surface area contributed by atoms with Crippen LogP contribution in [0.15, 0.2) is 41.3 Å². The lowest BCUT2D eigenvalue weighted by atomic mass is 9.99. The maximum absolute atomic E-state index is 13.1. The fraction of sp³-hybridized carbons (Fsp3) is 0.480. The molecule has 1 aliphatic heterocycles. The molecule has 2 aromatic rings. The molecule has 0 radical (unpaired) electrons. The zero-order chi connectivity index (χ0) is 22.0. The summed E-state index contributed by atoms with van der Waals surface area (Å²) in [6.07, 6.45) is 7.59. The first kappa shape index (κ1) is 21.3. The maximum Gasteiger partial charge on any atom is 0.263 e. The Morgan fingerprint density at radius 2 is 1.81 bits per heavy atom. The second kappa shape index (κ2) is 9.08. The number of amides is 2. The summed E-state index contributed by atoms with van der Waals surface area (Å²) in [5.41, 5.74) is 3.29. The van der Waals surface area contributed by atoms with Gasteiger partial charge in [-0.3, -0.25) is 14.4 Å². The number of nitrogens with zero attached hydrogens (tertiary/aromatic N) is 2. The smallest absolute Gasteiger partial charge is 0.263 e. The van der Waals surface area contributed by atoms with Gasteiger partial charge in [0.1, 0.15) is 12.1 Å². The molecular weight excluding hydrogens is 390 g/mol. The number of rotatable bonds is 5. The Bertz CT molecular complexity index is 1040. The molecule has 2 amide bonds. The van der Waals surface area contributed by atoms with Gasteiger partial charge in [0.2, 0.25) is 5.91 Å². The van der Waals surface area contributed by atoms with Gasteiger partial charge in [0, 0.05) is 18.8 Å². The largest absolute Gasteiger partial charge is 0.349 e. The van der Waals surface area contributed by atoms with Gasteiger partial charge in [0.05, 0.1) is 6.04 Å². The Kier molecular flexibility index (Phi) is 6.25. The SMILES string of the molecule is Cc1ccc(C2CCCN2C(=O)Cn2cccc(C(=O)NC3CCCC3)c2=O)cc1C. The van der Waals surface area contributed by atoms with Crippen LogP contribution in [0.4, 0.5) is 0 Å². The number of carbonyl (C=O) groups is 2. The number of aryl methyl sites for hydroxylation is 2. The van der Waals surface area contributed by atoms with Crippen LogP contribution in [0, 0.1) is 13.8 Å². The van der Waals surface area contributed by atoms with Crippen LogP contribution >= 0.6 is 0 Å². The van der Waals surface area contributed by atoms with Crippen LogP contribution in [0.3, 0.4) is 0 Å². The van der Waals surface area contributed by atoms with Crippen LogP contribution in [0.1, 0.15) is 71.6 Å². The summed E-state index contributed by atoms with van der Waals surface area (Å²) in [4.78, 5) is 40.5. The van der Waals surface area contributed by atoms with E-state index in [0.717, 1.165) is 44.1 Å². The summed E-state index contributed by atoms with van der Waals surface area (Å²) >= 11 is 0. The lowest BCUT2D eigenvalue weighted by Gasteiger charge is -2.26. The van der Waals surface area contributed by atoms with Gasteiger partial charge in [-0.25, -0.2) is 0 Å². The first-order valence-corrected chi connectivity index (χ1v) is 11.3. The van der Waals surface area contributed by atoms with E-state index in [2.05, 4.69) is 37.4 Å². The van der Waals surface area contributed by atoms with E-state index >= 15 is 0 Å². The van der Waals surface area contributed by atoms with Gasteiger partial charge in [0.15, 0.2) is 0 Å². The molecule has 2 aliphatic rings. The minimum Gasteiger partial charge on any atom is -0.349 e. The highest BCUT2D eigenvalue weighted by molar-refractivity contribution is 5.94. The third kappa shape index (κ3) is 4.58. The summed E-state index contributed by atoms with van der Waals surface area (Å²) in [6.45, 7) is 4.80. The average molecular weight is 422 g/mol. The van der Waals surface area contributed by atoms with E-state index in [9.17, 15) is 14.4 Å². The number of likely N-dealkylation sites (tertiary alicyclic amines) is 1. The van der Waals surface area contributed by atoms with Crippen molar-refractivity contribution < 1.29 is 9.59 Å². The molecule has 2 fully saturated rings. The van der Waals surface area contributed by atoms with Crippen molar-refractivity contribution >= 4 is 11.8 Å². The quantitative estimate of drug-likeness (QED) is 0.803. The normalized spacial score (nSPS) is 19.0. The molecule has 2 heterocycles. The molecule has 1 atom stereocenters. The second-order valence-electron chi connectivity index (χ2n) is 8.90. The summed E-state index contributed by atoms with van der Waals surface area (Å²) in [5.74, 6) is -0.427. The summed E-state index contributed by atoms with van der Waals surface area (Å²) < 4.78 is 1.36. The monoisotopic (exact) mass is 421 g/mol. The first-order valence-electron chi connectivity index (χ1n) is 11.3. The third-order valence-corrected chi connectivity index (χ3v) is 6.75. The highest BCUT2D eigenvalue weighted by atomic mass is 16.2. The Balaban J connectivity index is 1.49.